The van der Waals surface area contributed by atoms with Gasteiger partial charge in [0.25, 0.3) is 5.91 Å². The van der Waals surface area contributed by atoms with E-state index in [1.54, 1.807) is 12.1 Å². The summed E-state index contributed by atoms with van der Waals surface area (Å²) in [6.07, 6.45) is 0.829. The molecule has 16 heavy (non-hydrogen) atoms. The number of hydrogen-bond acceptors (Lipinski definition) is 2. The van der Waals surface area contributed by atoms with E-state index in [1.165, 1.54) is 6.07 Å². The van der Waals surface area contributed by atoms with Crippen LogP contribution in [0.3, 0.4) is 0 Å². The van der Waals surface area contributed by atoms with Gasteiger partial charge in [-0.3, -0.25) is 4.79 Å². The molecule has 0 aliphatic heterocycles. The summed E-state index contributed by atoms with van der Waals surface area (Å²) < 4.78 is 13.3. The lowest BCUT2D eigenvalue weighted by Gasteiger charge is -2.06. The van der Waals surface area contributed by atoms with Crippen molar-refractivity contribution in [3.05, 3.63) is 35.1 Å². The van der Waals surface area contributed by atoms with Crippen molar-refractivity contribution in [2.24, 2.45) is 0 Å². The lowest BCUT2D eigenvalue weighted by atomic mass is 10.1. The second-order valence-corrected chi connectivity index (χ2v) is 3.70. The Hall–Kier alpha value is -1.42. The Morgan fingerprint density at radius 1 is 1.38 bits per heavy atom. The molecule has 0 saturated carbocycles. The van der Waals surface area contributed by atoms with Crippen LogP contribution >= 0.6 is 0 Å². The molecule has 0 fully saturated rings. The standard InChI is InChI=1S/C12H17FN2O/c1-9-4-5-11(13)10(8-9)12(16)15-7-3-6-14-2/h4-5,8,14H,3,6-7H2,1-2H3,(H,15,16). The maximum Gasteiger partial charge on any atom is 0.254 e. The highest BCUT2D eigenvalue weighted by Crippen LogP contribution is 2.09. The summed E-state index contributed by atoms with van der Waals surface area (Å²) >= 11 is 0. The maximum atomic E-state index is 13.3. The summed E-state index contributed by atoms with van der Waals surface area (Å²) in [5, 5.41) is 5.66. The van der Waals surface area contributed by atoms with E-state index in [0.29, 0.717) is 6.54 Å². The molecule has 0 aliphatic rings. The van der Waals surface area contributed by atoms with Crippen LogP contribution in [0.15, 0.2) is 18.2 Å². The lowest BCUT2D eigenvalue weighted by molar-refractivity contribution is 0.0949. The Morgan fingerprint density at radius 3 is 2.81 bits per heavy atom. The number of carbonyl (C=O) groups is 1. The number of amides is 1. The molecule has 2 N–H and O–H groups in total. The first-order valence-electron chi connectivity index (χ1n) is 5.34. The predicted octanol–water partition coefficient (Wildman–Crippen LogP) is 1.47. The van der Waals surface area contributed by atoms with E-state index in [9.17, 15) is 9.18 Å². The summed E-state index contributed by atoms with van der Waals surface area (Å²) in [7, 11) is 1.85. The van der Waals surface area contributed by atoms with Crippen molar-refractivity contribution in [2.45, 2.75) is 13.3 Å². The molecule has 1 rings (SSSR count). The minimum absolute atomic E-state index is 0.115. The topological polar surface area (TPSA) is 41.1 Å². The molecule has 0 atom stereocenters. The fourth-order valence-corrected chi connectivity index (χ4v) is 1.38. The normalized spacial score (nSPS) is 10.2. The van der Waals surface area contributed by atoms with Crippen molar-refractivity contribution in [3.63, 3.8) is 0 Å². The van der Waals surface area contributed by atoms with E-state index in [0.717, 1.165) is 18.5 Å². The first-order chi connectivity index (χ1) is 7.65. The van der Waals surface area contributed by atoms with Crippen LogP contribution in [0, 0.1) is 12.7 Å². The lowest BCUT2D eigenvalue weighted by Crippen LogP contribution is -2.27. The van der Waals surface area contributed by atoms with Gasteiger partial charge in [-0.1, -0.05) is 11.6 Å². The fourth-order valence-electron chi connectivity index (χ4n) is 1.38. The molecule has 1 amide bonds. The largest absolute Gasteiger partial charge is 0.352 e. The average molecular weight is 224 g/mol. The van der Waals surface area contributed by atoms with Crippen LogP contribution in [0.25, 0.3) is 0 Å². The van der Waals surface area contributed by atoms with Gasteiger partial charge in [-0.2, -0.15) is 0 Å². The van der Waals surface area contributed by atoms with Gasteiger partial charge in [0.1, 0.15) is 5.82 Å². The van der Waals surface area contributed by atoms with E-state index in [-0.39, 0.29) is 11.5 Å². The fraction of sp³-hybridized carbons (Fsp3) is 0.417. The molecular formula is C12H17FN2O. The number of carbonyl (C=O) groups excluding carboxylic acids is 1. The van der Waals surface area contributed by atoms with E-state index in [1.807, 2.05) is 14.0 Å². The second-order valence-electron chi connectivity index (χ2n) is 3.70. The minimum Gasteiger partial charge on any atom is -0.352 e. The van der Waals surface area contributed by atoms with E-state index in [2.05, 4.69) is 10.6 Å². The van der Waals surface area contributed by atoms with Crippen molar-refractivity contribution in [2.75, 3.05) is 20.1 Å². The molecule has 0 aromatic heterocycles. The Morgan fingerprint density at radius 2 is 2.12 bits per heavy atom. The molecule has 88 valence electrons. The Kier molecular flexibility index (Phi) is 4.92. The van der Waals surface area contributed by atoms with Crippen LogP contribution < -0.4 is 10.6 Å². The van der Waals surface area contributed by atoms with Gasteiger partial charge in [0.05, 0.1) is 5.56 Å². The van der Waals surface area contributed by atoms with Crippen molar-refractivity contribution >= 4 is 5.91 Å². The molecule has 3 nitrogen and oxygen atoms in total. The molecule has 0 unspecified atom stereocenters. The Labute approximate surface area is 95.0 Å². The first-order valence-corrected chi connectivity index (χ1v) is 5.34. The molecular weight excluding hydrogens is 207 g/mol. The molecule has 0 spiro atoms. The van der Waals surface area contributed by atoms with E-state index < -0.39 is 5.82 Å². The summed E-state index contributed by atoms with van der Waals surface area (Å²) in [5.74, 6) is -0.825. The highest BCUT2D eigenvalue weighted by Gasteiger charge is 2.10. The summed E-state index contributed by atoms with van der Waals surface area (Å²) in [4.78, 5) is 11.6. The van der Waals surface area contributed by atoms with Crippen molar-refractivity contribution < 1.29 is 9.18 Å². The number of nitrogens with one attached hydrogen (secondary N) is 2. The second kappa shape index (κ2) is 6.23. The van der Waals surface area contributed by atoms with Crippen LogP contribution in [0.4, 0.5) is 4.39 Å². The van der Waals surface area contributed by atoms with Crippen molar-refractivity contribution in [3.8, 4) is 0 Å². The Bertz CT molecular complexity index is 366. The molecule has 0 heterocycles. The first kappa shape index (κ1) is 12.6. The summed E-state index contributed by atoms with van der Waals surface area (Å²) in [5.41, 5.74) is 0.992. The molecule has 0 bridgehead atoms. The molecule has 1 aromatic carbocycles. The molecule has 1 aromatic rings. The minimum atomic E-state index is -0.475. The van der Waals surface area contributed by atoms with Crippen LogP contribution in [0.1, 0.15) is 22.3 Å². The van der Waals surface area contributed by atoms with Gasteiger partial charge in [0, 0.05) is 6.54 Å². The molecule has 4 heteroatoms. The van der Waals surface area contributed by atoms with E-state index >= 15 is 0 Å². The number of hydrogen-bond donors (Lipinski definition) is 2. The highest BCUT2D eigenvalue weighted by molar-refractivity contribution is 5.94. The quantitative estimate of drug-likeness (QED) is 0.744. The van der Waals surface area contributed by atoms with Gasteiger partial charge < -0.3 is 10.6 Å². The zero-order valence-corrected chi connectivity index (χ0v) is 9.64. The summed E-state index contributed by atoms with van der Waals surface area (Å²) in [6, 6.07) is 4.52. The highest BCUT2D eigenvalue weighted by atomic mass is 19.1. The number of benzene rings is 1. The SMILES string of the molecule is CNCCCNC(=O)c1cc(C)ccc1F. The molecule has 0 radical (unpaired) electrons. The molecule has 0 aliphatic carbocycles. The number of halogens is 1. The van der Waals surface area contributed by atoms with Crippen molar-refractivity contribution in [1.29, 1.82) is 0 Å². The average Bonchev–Trinajstić information content (AvgIpc) is 2.27. The third kappa shape index (κ3) is 3.62. The summed E-state index contributed by atoms with van der Waals surface area (Å²) in [6.45, 7) is 3.21. The predicted molar refractivity (Wildman–Crippen MR) is 62.0 cm³/mol. The maximum absolute atomic E-state index is 13.3. The Balaban J connectivity index is 2.55. The van der Waals surface area contributed by atoms with Crippen LogP contribution in [0.5, 0.6) is 0 Å². The zero-order chi connectivity index (χ0) is 12.0. The van der Waals surface area contributed by atoms with Gasteiger partial charge in [-0.05, 0) is 39.1 Å². The third-order valence-electron chi connectivity index (χ3n) is 2.26. The van der Waals surface area contributed by atoms with Crippen LogP contribution in [-0.2, 0) is 0 Å². The van der Waals surface area contributed by atoms with Crippen LogP contribution in [-0.4, -0.2) is 26.0 Å². The van der Waals surface area contributed by atoms with Crippen LogP contribution in [0.2, 0.25) is 0 Å². The van der Waals surface area contributed by atoms with Gasteiger partial charge in [0.15, 0.2) is 0 Å². The van der Waals surface area contributed by atoms with Gasteiger partial charge >= 0.3 is 0 Å². The zero-order valence-electron chi connectivity index (χ0n) is 9.64. The van der Waals surface area contributed by atoms with Crippen molar-refractivity contribution in [1.82, 2.24) is 10.6 Å². The third-order valence-corrected chi connectivity index (χ3v) is 2.26. The molecule has 0 saturated heterocycles. The van der Waals surface area contributed by atoms with Gasteiger partial charge in [0.2, 0.25) is 0 Å². The number of aryl methyl sites for hydroxylation is 1. The number of rotatable bonds is 5. The van der Waals surface area contributed by atoms with Gasteiger partial charge in [-0.25, -0.2) is 4.39 Å². The monoisotopic (exact) mass is 224 g/mol. The smallest absolute Gasteiger partial charge is 0.254 e. The van der Waals surface area contributed by atoms with Gasteiger partial charge in [-0.15, -0.1) is 0 Å². The van der Waals surface area contributed by atoms with E-state index in [4.69, 9.17) is 0 Å².